The van der Waals surface area contributed by atoms with Crippen molar-refractivity contribution in [1.29, 1.82) is 0 Å². The fourth-order valence-electron chi connectivity index (χ4n) is 1.73. The maximum atomic E-state index is 3.83. The SMILES string of the molecule is C=Cc1cc(C)cc(C(C)C)c1C. The normalized spacial score (nSPS) is 10.5. The molecule has 0 aliphatic carbocycles. The molecule has 0 bridgehead atoms. The van der Waals surface area contributed by atoms with Gasteiger partial charge in [-0.1, -0.05) is 44.2 Å². The molecule has 0 aliphatic heterocycles. The summed E-state index contributed by atoms with van der Waals surface area (Å²) in [7, 11) is 0. The number of rotatable bonds is 2. The predicted molar refractivity (Wildman–Crippen MR) is 60.1 cm³/mol. The van der Waals surface area contributed by atoms with Gasteiger partial charge < -0.3 is 0 Å². The van der Waals surface area contributed by atoms with Gasteiger partial charge in [0.2, 0.25) is 0 Å². The Labute approximate surface area is 81.3 Å². The Morgan fingerprint density at radius 1 is 1.23 bits per heavy atom. The van der Waals surface area contributed by atoms with Gasteiger partial charge in [-0.15, -0.1) is 0 Å². The Hall–Kier alpha value is -1.04. The first-order valence-electron chi connectivity index (χ1n) is 4.79. The summed E-state index contributed by atoms with van der Waals surface area (Å²) in [4.78, 5) is 0. The highest BCUT2D eigenvalue weighted by molar-refractivity contribution is 5.56. The van der Waals surface area contributed by atoms with Crippen molar-refractivity contribution in [1.82, 2.24) is 0 Å². The highest BCUT2D eigenvalue weighted by atomic mass is 14.1. The largest absolute Gasteiger partial charge is 0.0985 e. The van der Waals surface area contributed by atoms with E-state index in [1.165, 1.54) is 22.3 Å². The third-order valence-corrected chi connectivity index (χ3v) is 2.47. The van der Waals surface area contributed by atoms with Crippen LogP contribution in [0.3, 0.4) is 0 Å². The van der Waals surface area contributed by atoms with Crippen molar-refractivity contribution in [3.8, 4) is 0 Å². The van der Waals surface area contributed by atoms with E-state index < -0.39 is 0 Å². The van der Waals surface area contributed by atoms with E-state index in [-0.39, 0.29) is 0 Å². The minimum Gasteiger partial charge on any atom is -0.0985 e. The van der Waals surface area contributed by atoms with Crippen LogP contribution in [-0.2, 0) is 0 Å². The van der Waals surface area contributed by atoms with E-state index in [9.17, 15) is 0 Å². The number of hydrogen-bond donors (Lipinski definition) is 0. The van der Waals surface area contributed by atoms with Gasteiger partial charge in [0.25, 0.3) is 0 Å². The number of hydrogen-bond acceptors (Lipinski definition) is 0. The van der Waals surface area contributed by atoms with Crippen LogP contribution in [0.1, 0.15) is 42.0 Å². The van der Waals surface area contributed by atoms with Crippen LogP contribution in [0.25, 0.3) is 6.08 Å². The zero-order chi connectivity index (χ0) is 10.0. The third kappa shape index (κ3) is 2.00. The van der Waals surface area contributed by atoms with Crippen LogP contribution in [0.2, 0.25) is 0 Å². The topological polar surface area (TPSA) is 0 Å². The van der Waals surface area contributed by atoms with Crippen molar-refractivity contribution in [2.45, 2.75) is 33.6 Å². The summed E-state index contributed by atoms with van der Waals surface area (Å²) in [6.45, 7) is 12.6. The second-order valence-electron chi connectivity index (χ2n) is 3.93. The molecule has 70 valence electrons. The maximum Gasteiger partial charge on any atom is -0.0216 e. The second-order valence-corrected chi connectivity index (χ2v) is 3.93. The first kappa shape index (κ1) is 10.0. The van der Waals surface area contributed by atoms with Crippen LogP contribution in [0.4, 0.5) is 0 Å². The second kappa shape index (κ2) is 3.78. The lowest BCUT2D eigenvalue weighted by Crippen LogP contribution is -1.95. The van der Waals surface area contributed by atoms with E-state index in [1.54, 1.807) is 0 Å². The van der Waals surface area contributed by atoms with Gasteiger partial charge >= 0.3 is 0 Å². The smallest absolute Gasteiger partial charge is 0.0216 e. The van der Waals surface area contributed by atoms with Gasteiger partial charge in [0.05, 0.1) is 0 Å². The van der Waals surface area contributed by atoms with Crippen molar-refractivity contribution in [2.24, 2.45) is 0 Å². The summed E-state index contributed by atoms with van der Waals surface area (Å²) in [5.74, 6) is 0.596. The van der Waals surface area contributed by atoms with Crippen LogP contribution >= 0.6 is 0 Å². The fourth-order valence-corrected chi connectivity index (χ4v) is 1.73. The maximum absolute atomic E-state index is 3.83. The van der Waals surface area contributed by atoms with E-state index >= 15 is 0 Å². The highest BCUT2D eigenvalue weighted by Gasteiger charge is 2.06. The first-order chi connectivity index (χ1) is 6.06. The standard InChI is InChI=1S/C13H18/c1-6-12-7-10(4)8-13(9(2)3)11(12)5/h6-9H,1H2,2-5H3. The molecule has 13 heavy (non-hydrogen) atoms. The molecule has 0 amide bonds. The molecular formula is C13H18. The Morgan fingerprint density at radius 2 is 1.85 bits per heavy atom. The number of benzene rings is 1. The van der Waals surface area contributed by atoms with Gasteiger partial charge in [0, 0.05) is 0 Å². The Kier molecular flexibility index (Phi) is 2.92. The van der Waals surface area contributed by atoms with E-state index in [2.05, 4.69) is 46.4 Å². The molecule has 0 aliphatic rings. The Bertz CT molecular complexity index is 319. The van der Waals surface area contributed by atoms with Gasteiger partial charge in [0.1, 0.15) is 0 Å². The summed E-state index contributed by atoms with van der Waals surface area (Å²) in [5.41, 5.74) is 5.40. The molecule has 0 saturated heterocycles. The Balaban J connectivity index is 3.35. The van der Waals surface area contributed by atoms with E-state index in [1.807, 2.05) is 6.08 Å². The van der Waals surface area contributed by atoms with Crippen LogP contribution in [0.15, 0.2) is 18.7 Å². The summed E-state index contributed by atoms with van der Waals surface area (Å²) in [6.07, 6.45) is 1.94. The van der Waals surface area contributed by atoms with Crippen LogP contribution < -0.4 is 0 Å². The van der Waals surface area contributed by atoms with Gasteiger partial charge in [-0.3, -0.25) is 0 Å². The molecule has 0 N–H and O–H groups in total. The minimum absolute atomic E-state index is 0.596. The Morgan fingerprint density at radius 3 is 2.31 bits per heavy atom. The lowest BCUT2D eigenvalue weighted by Gasteiger charge is -2.13. The lowest BCUT2D eigenvalue weighted by atomic mass is 9.92. The minimum atomic E-state index is 0.596. The fraction of sp³-hybridized carbons (Fsp3) is 0.385. The van der Waals surface area contributed by atoms with Crippen molar-refractivity contribution in [3.63, 3.8) is 0 Å². The average Bonchev–Trinajstić information content (AvgIpc) is 2.08. The van der Waals surface area contributed by atoms with Crippen molar-refractivity contribution < 1.29 is 0 Å². The molecule has 0 fully saturated rings. The van der Waals surface area contributed by atoms with E-state index in [0.717, 1.165) is 0 Å². The van der Waals surface area contributed by atoms with Crippen LogP contribution in [0, 0.1) is 13.8 Å². The highest BCUT2D eigenvalue weighted by Crippen LogP contribution is 2.24. The van der Waals surface area contributed by atoms with E-state index in [0.29, 0.717) is 5.92 Å². The van der Waals surface area contributed by atoms with Crippen molar-refractivity contribution >= 4 is 6.08 Å². The zero-order valence-electron chi connectivity index (χ0n) is 9.02. The average molecular weight is 174 g/mol. The lowest BCUT2D eigenvalue weighted by molar-refractivity contribution is 0.854. The number of aryl methyl sites for hydroxylation is 1. The molecule has 0 heteroatoms. The van der Waals surface area contributed by atoms with Gasteiger partial charge in [-0.25, -0.2) is 0 Å². The third-order valence-electron chi connectivity index (χ3n) is 2.47. The predicted octanol–water partition coefficient (Wildman–Crippen LogP) is 4.07. The van der Waals surface area contributed by atoms with Crippen LogP contribution in [-0.4, -0.2) is 0 Å². The van der Waals surface area contributed by atoms with Gasteiger partial charge in [0.15, 0.2) is 0 Å². The zero-order valence-corrected chi connectivity index (χ0v) is 9.02. The summed E-state index contributed by atoms with van der Waals surface area (Å²) in [6, 6.07) is 4.46. The van der Waals surface area contributed by atoms with E-state index in [4.69, 9.17) is 0 Å². The summed E-state index contributed by atoms with van der Waals surface area (Å²) in [5, 5.41) is 0. The molecule has 1 aromatic rings. The molecule has 0 radical (unpaired) electrons. The molecule has 0 spiro atoms. The molecule has 0 heterocycles. The summed E-state index contributed by atoms with van der Waals surface area (Å²) < 4.78 is 0. The molecule has 1 aromatic carbocycles. The molecular weight excluding hydrogens is 156 g/mol. The molecule has 0 nitrogen and oxygen atoms in total. The molecule has 1 rings (SSSR count). The van der Waals surface area contributed by atoms with Crippen LogP contribution in [0.5, 0.6) is 0 Å². The molecule has 0 aromatic heterocycles. The van der Waals surface area contributed by atoms with Gasteiger partial charge in [-0.05, 0) is 36.5 Å². The van der Waals surface area contributed by atoms with Crippen molar-refractivity contribution in [3.05, 3.63) is 41.0 Å². The van der Waals surface area contributed by atoms with Gasteiger partial charge in [-0.2, -0.15) is 0 Å². The van der Waals surface area contributed by atoms with Crippen molar-refractivity contribution in [2.75, 3.05) is 0 Å². The quantitative estimate of drug-likeness (QED) is 0.634. The molecule has 0 unspecified atom stereocenters. The monoisotopic (exact) mass is 174 g/mol. The summed E-state index contributed by atoms with van der Waals surface area (Å²) >= 11 is 0. The molecule has 0 saturated carbocycles. The first-order valence-corrected chi connectivity index (χ1v) is 4.79. The molecule has 0 atom stereocenters.